The SMILES string of the molecule is CCn1nc(C)cc1C(=O)N(CC1CCCO1)c1nc2ccc(Cl)cc2s1. The first-order chi connectivity index (χ1) is 13.0. The van der Waals surface area contributed by atoms with E-state index < -0.39 is 0 Å². The summed E-state index contributed by atoms with van der Waals surface area (Å²) in [5.74, 6) is -0.0990. The molecule has 1 aliphatic heterocycles. The number of nitrogens with zero attached hydrogens (tertiary/aromatic N) is 4. The van der Waals surface area contributed by atoms with Gasteiger partial charge in [-0.15, -0.1) is 0 Å². The highest BCUT2D eigenvalue weighted by atomic mass is 35.5. The number of anilines is 1. The van der Waals surface area contributed by atoms with Crippen LogP contribution in [0.3, 0.4) is 0 Å². The first-order valence-electron chi connectivity index (χ1n) is 9.09. The molecule has 0 spiro atoms. The summed E-state index contributed by atoms with van der Waals surface area (Å²) in [5.41, 5.74) is 2.24. The number of aromatic nitrogens is 3. The van der Waals surface area contributed by atoms with Crippen molar-refractivity contribution in [3.05, 3.63) is 40.7 Å². The van der Waals surface area contributed by atoms with Gasteiger partial charge in [0.05, 0.1) is 28.6 Å². The highest BCUT2D eigenvalue weighted by Gasteiger charge is 2.29. The molecule has 0 aliphatic carbocycles. The highest BCUT2D eigenvalue weighted by molar-refractivity contribution is 7.22. The van der Waals surface area contributed by atoms with Gasteiger partial charge in [-0.1, -0.05) is 22.9 Å². The van der Waals surface area contributed by atoms with Gasteiger partial charge in [-0.2, -0.15) is 5.10 Å². The van der Waals surface area contributed by atoms with Crippen LogP contribution in [0.1, 0.15) is 35.9 Å². The van der Waals surface area contributed by atoms with Crippen LogP contribution in [0.2, 0.25) is 5.02 Å². The van der Waals surface area contributed by atoms with Gasteiger partial charge in [0, 0.05) is 18.2 Å². The van der Waals surface area contributed by atoms with Crippen molar-refractivity contribution in [2.24, 2.45) is 0 Å². The van der Waals surface area contributed by atoms with E-state index in [1.807, 2.05) is 38.1 Å². The summed E-state index contributed by atoms with van der Waals surface area (Å²) in [7, 11) is 0. The van der Waals surface area contributed by atoms with Crippen LogP contribution in [0.15, 0.2) is 24.3 Å². The summed E-state index contributed by atoms with van der Waals surface area (Å²) < 4.78 is 8.49. The molecular weight excluding hydrogens is 384 g/mol. The van der Waals surface area contributed by atoms with Crippen molar-refractivity contribution >= 4 is 44.2 Å². The average molecular weight is 405 g/mol. The number of aryl methyl sites for hydroxylation is 2. The van der Waals surface area contributed by atoms with Crippen LogP contribution in [0, 0.1) is 6.92 Å². The number of carbonyl (C=O) groups is 1. The third kappa shape index (κ3) is 3.72. The van der Waals surface area contributed by atoms with Crippen molar-refractivity contribution in [2.75, 3.05) is 18.1 Å². The van der Waals surface area contributed by atoms with Gasteiger partial charge in [-0.05, 0) is 51.0 Å². The molecule has 1 unspecified atom stereocenters. The van der Waals surface area contributed by atoms with E-state index in [1.54, 1.807) is 9.58 Å². The van der Waals surface area contributed by atoms with E-state index in [9.17, 15) is 4.79 Å². The lowest BCUT2D eigenvalue weighted by Gasteiger charge is -2.23. The Morgan fingerprint density at radius 3 is 3.04 bits per heavy atom. The molecule has 142 valence electrons. The molecule has 3 heterocycles. The molecule has 27 heavy (non-hydrogen) atoms. The summed E-state index contributed by atoms with van der Waals surface area (Å²) in [6, 6.07) is 7.41. The second-order valence-corrected chi connectivity index (χ2v) is 8.09. The zero-order chi connectivity index (χ0) is 19.0. The Morgan fingerprint density at radius 1 is 1.44 bits per heavy atom. The standard InChI is InChI=1S/C19H21ClN4O2S/c1-3-24-16(9-12(2)22-24)18(25)23(11-14-5-4-8-26-14)19-21-15-7-6-13(20)10-17(15)27-19/h6-7,9-10,14H,3-5,8,11H2,1-2H3. The quantitative estimate of drug-likeness (QED) is 0.636. The van der Waals surface area contributed by atoms with Crippen molar-refractivity contribution in [1.29, 1.82) is 0 Å². The number of carbonyl (C=O) groups excluding carboxylic acids is 1. The second kappa shape index (κ2) is 7.58. The van der Waals surface area contributed by atoms with Gasteiger partial charge in [0.1, 0.15) is 5.69 Å². The molecule has 6 nitrogen and oxygen atoms in total. The lowest BCUT2D eigenvalue weighted by molar-refractivity contribution is 0.0908. The molecule has 1 aliphatic rings. The smallest absolute Gasteiger partial charge is 0.278 e. The number of thiazole rings is 1. The predicted octanol–water partition coefficient (Wildman–Crippen LogP) is 4.30. The third-order valence-corrected chi connectivity index (χ3v) is 5.92. The second-order valence-electron chi connectivity index (χ2n) is 6.65. The molecule has 4 rings (SSSR count). The van der Waals surface area contributed by atoms with Crippen LogP contribution in [-0.4, -0.2) is 39.9 Å². The molecule has 1 atom stereocenters. The molecule has 0 radical (unpaired) electrons. The first kappa shape index (κ1) is 18.4. The fourth-order valence-corrected chi connectivity index (χ4v) is 4.59. The van der Waals surface area contributed by atoms with E-state index in [0.29, 0.717) is 28.9 Å². The maximum absolute atomic E-state index is 13.4. The Kier molecular flexibility index (Phi) is 5.16. The normalized spacial score (nSPS) is 16.9. The molecular formula is C19H21ClN4O2S. The van der Waals surface area contributed by atoms with E-state index in [4.69, 9.17) is 16.3 Å². The average Bonchev–Trinajstić information content (AvgIpc) is 3.37. The minimum Gasteiger partial charge on any atom is -0.376 e. The van der Waals surface area contributed by atoms with Gasteiger partial charge < -0.3 is 4.74 Å². The van der Waals surface area contributed by atoms with E-state index in [2.05, 4.69) is 10.1 Å². The van der Waals surface area contributed by atoms with Crippen LogP contribution in [0.5, 0.6) is 0 Å². The predicted molar refractivity (Wildman–Crippen MR) is 108 cm³/mol. The van der Waals surface area contributed by atoms with E-state index in [0.717, 1.165) is 35.4 Å². The van der Waals surface area contributed by atoms with Crippen molar-refractivity contribution < 1.29 is 9.53 Å². The Bertz CT molecular complexity index is 977. The maximum Gasteiger partial charge on any atom is 0.278 e. The van der Waals surface area contributed by atoms with Gasteiger partial charge in [-0.25, -0.2) is 4.98 Å². The fourth-order valence-electron chi connectivity index (χ4n) is 3.34. The Hall–Kier alpha value is -1.96. The summed E-state index contributed by atoms with van der Waals surface area (Å²) in [4.78, 5) is 19.8. The van der Waals surface area contributed by atoms with Crippen LogP contribution < -0.4 is 4.90 Å². The number of hydrogen-bond donors (Lipinski definition) is 0. The zero-order valence-electron chi connectivity index (χ0n) is 15.3. The summed E-state index contributed by atoms with van der Waals surface area (Å²) in [5, 5.41) is 5.74. The lowest BCUT2D eigenvalue weighted by Crippen LogP contribution is -2.38. The molecule has 1 amide bonds. The molecule has 3 aromatic rings. The van der Waals surface area contributed by atoms with Crippen molar-refractivity contribution in [3.8, 4) is 0 Å². The summed E-state index contributed by atoms with van der Waals surface area (Å²) in [6.45, 7) is 5.74. The van der Waals surface area contributed by atoms with Crippen molar-refractivity contribution in [3.63, 3.8) is 0 Å². The van der Waals surface area contributed by atoms with Crippen LogP contribution in [0.25, 0.3) is 10.2 Å². The van der Waals surface area contributed by atoms with E-state index in [-0.39, 0.29) is 12.0 Å². The van der Waals surface area contributed by atoms with E-state index in [1.165, 1.54) is 11.3 Å². The van der Waals surface area contributed by atoms with Gasteiger partial charge in [0.15, 0.2) is 5.13 Å². The molecule has 0 N–H and O–H groups in total. The number of hydrogen-bond acceptors (Lipinski definition) is 5. The zero-order valence-corrected chi connectivity index (χ0v) is 16.9. The van der Waals surface area contributed by atoms with Gasteiger partial charge >= 0.3 is 0 Å². The number of benzene rings is 1. The lowest BCUT2D eigenvalue weighted by atomic mass is 10.2. The van der Waals surface area contributed by atoms with Crippen molar-refractivity contribution in [2.45, 2.75) is 39.3 Å². The number of ether oxygens (including phenoxy) is 1. The maximum atomic E-state index is 13.4. The minimum absolute atomic E-state index is 0.0312. The largest absolute Gasteiger partial charge is 0.376 e. The Labute approximate surface area is 166 Å². The van der Waals surface area contributed by atoms with Crippen LogP contribution in [-0.2, 0) is 11.3 Å². The monoisotopic (exact) mass is 404 g/mol. The topological polar surface area (TPSA) is 60.2 Å². The molecule has 0 bridgehead atoms. The molecule has 1 aromatic carbocycles. The molecule has 2 aromatic heterocycles. The number of rotatable bonds is 5. The molecule has 1 saturated heterocycles. The van der Waals surface area contributed by atoms with Gasteiger partial charge in [0.25, 0.3) is 5.91 Å². The van der Waals surface area contributed by atoms with Crippen LogP contribution in [0.4, 0.5) is 5.13 Å². The summed E-state index contributed by atoms with van der Waals surface area (Å²) in [6.07, 6.45) is 2.00. The van der Waals surface area contributed by atoms with Gasteiger partial charge in [0.2, 0.25) is 0 Å². The molecule has 0 saturated carbocycles. The van der Waals surface area contributed by atoms with Crippen molar-refractivity contribution in [1.82, 2.24) is 14.8 Å². The molecule has 8 heteroatoms. The Morgan fingerprint density at radius 2 is 2.30 bits per heavy atom. The Balaban J connectivity index is 1.73. The van der Waals surface area contributed by atoms with Gasteiger partial charge in [-0.3, -0.25) is 14.4 Å². The minimum atomic E-state index is -0.0990. The van der Waals surface area contributed by atoms with E-state index >= 15 is 0 Å². The summed E-state index contributed by atoms with van der Waals surface area (Å²) >= 11 is 7.58. The highest BCUT2D eigenvalue weighted by Crippen LogP contribution is 2.32. The first-order valence-corrected chi connectivity index (χ1v) is 10.3. The number of fused-ring (bicyclic) bond motifs is 1. The third-order valence-electron chi connectivity index (χ3n) is 4.65. The molecule has 1 fully saturated rings. The fraction of sp³-hybridized carbons (Fsp3) is 0.421. The number of amides is 1. The van der Waals surface area contributed by atoms with Crippen LogP contribution >= 0.6 is 22.9 Å². The number of halogens is 1.